The SMILES string of the molecule is CN(Cc1ccccc1C(F)(F)F)C(=O)c1cc(-c2ccc(F)cc2)n[nH]1. The van der Waals surface area contributed by atoms with Crippen LogP contribution in [0.1, 0.15) is 21.6 Å². The second kappa shape index (κ2) is 7.22. The average molecular weight is 377 g/mol. The number of H-pyrrole nitrogens is 1. The van der Waals surface area contributed by atoms with E-state index < -0.39 is 23.5 Å². The molecule has 0 spiro atoms. The Morgan fingerprint density at radius 1 is 1.11 bits per heavy atom. The fourth-order valence-corrected chi connectivity index (χ4v) is 2.67. The fourth-order valence-electron chi connectivity index (χ4n) is 2.67. The Kier molecular flexibility index (Phi) is 4.98. The highest BCUT2D eigenvalue weighted by atomic mass is 19.4. The maximum atomic E-state index is 13.1. The second-order valence-corrected chi connectivity index (χ2v) is 5.99. The number of nitrogens with zero attached hydrogens (tertiary/aromatic N) is 2. The molecule has 1 aromatic heterocycles. The first-order valence-electron chi connectivity index (χ1n) is 7.97. The minimum Gasteiger partial charge on any atom is -0.336 e. The summed E-state index contributed by atoms with van der Waals surface area (Å²) in [5.74, 6) is -0.901. The van der Waals surface area contributed by atoms with E-state index in [9.17, 15) is 22.4 Å². The third-order valence-electron chi connectivity index (χ3n) is 4.03. The van der Waals surface area contributed by atoms with Crippen molar-refractivity contribution in [3.05, 3.63) is 77.2 Å². The lowest BCUT2D eigenvalue weighted by molar-refractivity contribution is -0.138. The zero-order chi connectivity index (χ0) is 19.6. The molecule has 0 radical (unpaired) electrons. The summed E-state index contributed by atoms with van der Waals surface area (Å²) in [5, 5.41) is 6.58. The third kappa shape index (κ3) is 4.16. The molecule has 0 aliphatic rings. The van der Waals surface area contributed by atoms with Gasteiger partial charge < -0.3 is 4.90 Å². The minimum atomic E-state index is -4.50. The summed E-state index contributed by atoms with van der Waals surface area (Å²) in [6, 6.07) is 12.2. The molecule has 2 aromatic carbocycles. The quantitative estimate of drug-likeness (QED) is 0.681. The lowest BCUT2D eigenvalue weighted by Gasteiger charge is -2.19. The van der Waals surface area contributed by atoms with Gasteiger partial charge in [0, 0.05) is 19.2 Å². The molecular formula is C19H15F4N3O. The highest BCUT2D eigenvalue weighted by Gasteiger charge is 2.33. The van der Waals surface area contributed by atoms with Gasteiger partial charge in [-0.25, -0.2) is 4.39 Å². The summed E-state index contributed by atoms with van der Waals surface area (Å²) in [7, 11) is 1.41. The van der Waals surface area contributed by atoms with Crippen molar-refractivity contribution >= 4 is 5.91 Å². The number of hydrogen-bond acceptors (Lipinski definition) is 2. The van der Waals surface area contributed by atoms with Gasteiger partial charge in [0.2, 0.25) is 0 Å². The van der Waals surface area contributed by atoms with E-state index in [0.29, 0.717) is 11.3 Å². The van der Waals surface area contributed by atoms with E-state index in [-0.39, 0.29) is 17.8 Å². The second-order valence-electron chi connectivity index (χ2n) is 5.99. The van der Waals surface area contributed by atoms with Crippen LogP contribution >= 0.6 is 0 Å². The summed E-state index contributed by atoms with van der Waals surface area (Å²) in [6.07, 6.45) is -4.50. The van der Waals surface area contributed by atoms with Crippen LogP contribution in [0.5, 0.6) is 0 Å². The molecule has 1 heterocycles. The molecule has 0 unspecified atom stereocenters. The number of alkyl halides is 3. The molecule has 0 fully saturated rings. The lowest BCUT2D eigenvalue weighted by Crippen LogP contribution is -2.27. The Morgan fingerprint density at radius 2 is 1.78 bits per heavy atom. The number of amides is 1. The van der Waals surface area contributed by atoms with Gasteiger partial charge in [0.1, 0.15) is 11.5 Å². The van der Waals surface area contributed by atoms with Crippen LogP contribution in [0, 0.1) is 5.82 Å². The van der Waals surface area contributed by atoms with Gasteiger partial charge in [-0.1, -0.05) is 18.2 Å². The molecule has 0 aliphatic carbocycles. The normalized spacial score (nSPS) is 11.4. The zero-order valence-electron chi connectivity index (χ0n) is 14.2. The van der Waals surface area contributed by atoms with Crippen molar-refractivity contribution in [2.24, 2.45) is 0 Å². The van der Waals surface area contributed by atoms with E-state index in [1.54, 1.807) is 0 Å². The predicted molar refractivity (Wildman–Crippen MR) is 91.2 cm³/mol. The van der Waals surface area contributed by atoms with Crippen LogP contribution in [0.3, 0.4) is 0 Å². The molecule has 0 atom stereocenters. The zero-order valence-corrected chi connectivity index (χ0v) is 14.2. The molecule has 27 heavy (non-hydrogen) atoms. The maximum Gasteiger partial charge on any atom is 0.416 e. The number of aromatic amines is 1. The van der Waals surface area contributed by atoms with E-state index in [1.165, 1.54) is 60.5 Å². The predicted octanol–water partition coefficient (Wildman–Crippen LogP) is 4.51. The van der Waals surface area contributed by atoms with Gasteiger partial charge in [-0.3, -0.25) is 9.89 Å². The molecule has 0 aliphatic heterocycles. The Morgan fingerprint density at radius 3 is 2.44 bits per heavy atom. The van der Waals surface area contributed by atoms with Crippen LogP contribution in [0.4, 0.5) is 17.6 Å². The number of hydrogen-bond donors (Lipinski definition) is 1. The van der Waals surface area contributed by atoms with E-state index in [4.69, 9.17) is 0 Å². The van der Waals surface area contributed by atoms with Crippen molar-refractivity contribution in [2.45, 2.75) is 12.7 Å². The number of carbonyl (C=O) groups is 1. The maximum absolute atomic E-state index is 13.1. The van der Waals surface area contributed by atoms with Crippen molar-refractivity contribution in [2.75, 3.05) is 7.05 Å². The molecule has 4 nitrogen and oxygen atoms in total. The first kappa shape index (κ1) is 18.6. The molecule has 1 amide bonds. The Bertz CT molecular complexity index is 948. The number of rotatable bonds is 4. The first-order chi connectivity index (χ1) is 12.8. The molecule has 3 aromatic rings. The Labute approximate surface area is 152 Å². The van der Waals surface area contributed by atoms with Crippen molar-refractivity contribution in [3.8, 4) is 11.3 Å². The lowest BCUT2D eigenvalue weighted by atomic mass is 10.1. The molecule has 0 saturated heterocycles. The topological polar surface area (TPSA) is 49.0 Å². The van der Waals surface area contributed by atoms with Gasteiger partial charge in [0.05, 0.1) is 11.3 Å². The summed E-state index contributed by atoms with van der Waals surface area (Å²) in [6.45, 7) is -0.209. The van der Waals surface area contributed by atoms with Gasteiger partial charge in [0.25, 0.3) is 5.91 Å². The third-order valence-corrected chi connectivity index (χ3v) is 4.03. The van der Waals surface area contributed by atoms with Crippen LogP contribution in [0.25, 0.3) is 11.3 Å². The number of halogens is 4. The average Bonchev–Trinajstić information content (AvgIpc) is 3.11. The van der Waals surface area contributed by atoms with E-state index in [2.05, 4.69) is 10.2 Å². The van der Waals surface area contributed by atoms with Gasteiger partial charge in [0.15, 0.2) is 0 Å². The molecule has 140 valence electrons. The highest BCUT2D eigenvalue weighted by Crippen LogP contribution is 2.32. The monoisotopic (exact) mass is 377 g/mol. The van der Waals surface area contributed by atoms with Crippen molar-refractivity contribution in [3.63, 3.8) is 0 Å². The largest absolute Gasteiger partial charge is 0.416 e. The standard InChI is InChI=1S/C19H15F4N3O/c1-26(11-13-4-2-3-5-15(13)19(21,22)23)18(27)17-10-16(24-25-17)12-6-8-14(20)9-7-12/h2-10H,11H2,1H3,(H,24,25). The molecule has 3 rings (SSSR count). The summed E-state index contributed by atoms with van der Waals surface area (Å²) < 4.78 is 52.3. The molecule has 1 N–H and O–H groups in total. The van der Waals surface area contributed by atoms with Crippen molar-refractivity contribution in [1.82, 2.24) is 15.1 Å². The van der Waals surface area contributed by atoms with Gasteiger partial charge in [-0.15, -0.1) is 0 Å². The van der Waals surface area contributed by atoms with E-state index in [1.807, 2.05) is 0 Å². The van der Waals surface area contributed by atoms with Crippen LogP contribution in [0.15, 0.2) is 54.6 Å². The molecule has 8 heteroatoms. The van der Waals surface area contributed by atoms with E-state index >= 15 is 0 Å². The van der Waals surface area contributed by atoms with Crippen LogP contribution in [-0.4, -0.2) is 28.1 Å². The highest BCUT2D eigenvalue weighted by molar-refractivity contribution is 5.93. The van der Waals surface area contributed by atoms with Crippen LogP contribution in [0.2, 0.25) is 0 Å². The summed E-state index contributed by atoms with van der Waals surface area (Å²) in [4.78, 5) is 13.7. The van der Waals surface area contributed by atoms with Crippen LogP contribution in [-0.2, 0) is 12.7 Å². The number of nitrogens with one attached hydrogen (secondary N) is 1. The van der Waals surface area contributed by atoms with Gasteiger partial charge >= 0.3 is 6.18 Å². The number of aromatic nitrogens is 2. The molecule has 0 saturated carbocycles. The summed E-state index contributed by atoms with van der Waals surface area (Å²) in [5.41, 5.74) is 0.390. The fraction of sp³-hybridized carbons (Fsp3) is 0.158. The molecular weight excluding hydrogens is 362 g/mol. The Balaban J connectivity index is 1.78. The van der Waals surface area contributed by atoms with Crippen molar-refractivity contribution in [1.29, 1.82) is 0 Å². The number of carbonyl (C=O) groups excluding carboxylic acids is 1. The van der Waals surface area contributed by atoms with Crippen LogP contribution < -0.4 is 0 Å². The van der Waals surface area contributed by atoms with Gasteiger partial charge in [-0.2, -0.15) is 18.3 Å². The smallest absolute Gasteiger partial charge is 0.336 e. The number of benzene rings is 2. The Hall–Kier alpha value is -3.16. The first-order valence-corrected chi connectivity index (χ1v) is 7.97. The van der Waals surface area contributed by atoms with Crippen molar-refractivity contribution < 1.29 is 22.4 Å². The molecule has 0 bridgehead atoms. The van der Waals surface area contributed by atoms with Gasteiger partial charge in [-0.05, 0) is 42.0 Å². The minimum absolute atomic E-state index is 0.000812. The summed E-state index contributed by atoms with van der Waals surface area (Å²) >= 11 is 0. The van der Waals surface area contributed by atoms with E-state index in [0.717, 1.165) is 6.07 Å².